The number of carbonyl (C=O) groups excluding carboxylic acids is 1. The van der Waals surface area contributed by atoms with Gasteiger partial charge in [-0.1, -0.05) is 6.58 Å². The Morgan fingerprint density at radius 1 is 1.28 bits per heavy atom. The van der Waals surface area contributed by atoms with E-state index in [0.29, 0.717) is 0 Å². The second kappa shape index (κ2) is 4.52. The lowest BCUT2D eigenvalue weighted by molar-refractivity contribution is -0.159. The van der Waals surface area contributed by atoms with Gasteiger partial charge < -0.3 is 19.3 Å². The maximum absolute atomic E-state index is 12.2. The zero-order valence-corrected chi connectivity index (χ0v) is 9.14. The number of carbonyl (C=O) groups is 1. The molecule has 18 heavy (non-hydrogen) atoms. The summed E-state index contributed by atoms with van der Waals surface area (Å²) in [7, 11) is 0. The van der Waals surface area contributed by atoms with Crippen LogP contribution < -0.4 is 0 Å². The summed E-state index contributed by atoms with van der Waals surface area (Å²) < 4.78 is 51.5. The van der Waals surface area contributed by atoms with Gasteiger partial charge in [-0.3, -0.25) is 0 Å². The molecule has 4 atom stereocenters. The van der Waals surface area contributed by atoms with Gasteiger partial charge in [0.15, 0.2) is 6.10 Å². The van der Waals surface area contributed by atoms with Crippen LogP contribution in [0.15, 0.2) is 12.2 Å². The first kappa shape index (κ1) is 13.3. The summed E-state index contributed by atoms with van der Waals surface area (Å²) in [6.45, 7) is 2.53. The number of fused-ring (bicyclic) bond motifs is 1. The minimum Gasteiger partial charge on any atom is -0.453 e. The Bertz CT molecular complexity index is 367. The summed E-state index contributed by atoms with van der Waals surface area (Å²) in [5.74, 6) is -1.55. The molecule has 2 aliphatic rings. The molecule has 0 aromatic heterocycles. The number of halogens is 3. The zero-order chi connectivity index (χ0) is 13.5. The van der Waals surface area contributed by atoms with Gasteiger partial charge in [0.25, 0.3) is 0 Å². The third-order valence-corrected chi connectivity index (χ3v) is 2.83. The standard InChI is InChI=1S/C10H11F3O5/c1-4(10(11,12)13)9(15)18-6-3-17-7-5(14)2-16-8(6)7/h5-8,14H,1-3H2/t5-,6+,7-,8-/m1/s1. The summed E-state index contributed by atoms with van der Waals surface area (Å²) in [4.78, 5) is 11.2. The molecule has 102 valence electrons. The van der Waals surface area contributed by atoms with E-state index in [0.717, 1.165) is 0 Å². The van der Waals surface area contributed by atoms with Gasteiger partial charge >= 0.3 is 12.1 Å². The van der Waals surface area contributed by atoms with E-state index in [2.05, 4.69) is 11.3 Å². The molecule has 0 aromatic carbocycles. The first-order chi connectivity index (χ1) is 8.30. The molecule has 2 saturated heterocycles. The topological polar surface area (TPSA) is 65.0 Å². The number of esters is 1. The van der Waals surface area contributed by atoms with E-state index in [1.807, 2.05) is 0 Å². The molecule has 2 rings (SSSR count). The van der Waals surface area contributed by atoms with Crippen LogP contribution in [0.4, 0.5) is 13.2 Å². The predicted octanol–water partition coefficient (Wildman–Crippen LogP) is 0.175. The number of hydrogen-bond donors (Lipinski definition) is 1. The molecular weight excluding hydrogens is 257 g/mol. The molecule has 0 radical (unpaired) electrons. The van der Waals surface area contributed by atoms with Crippen molar-refractivity contribution in [3.8, 4) is 0 Å². The van der Waals surface area contributed by atoms with Gasteiger partial charge in [0.1, 0.15) is 23.9 Å². The zero-order valence-electron chi connectivity index (χ0n) is 9.14. The van der Waals surface area contributed by atoms with Crippen LogP contribution >= 0.6 is 0 Å². The van der Waals surface area contributed by atoms with Crippen molar-refractivity contribution in [2.45, 2.75) is 30.6 Å². The summed E-state index contributed by atoms with van der Waals surface area (Å²) in [5, 5.41) is 9.40. The molecule has 8 heteroatoms. The smallest absolute Gasteiger partial charge is 0.422 e. The summed E-state index contributed by atoms with van der Waals surface area (Å²) in [6.07, 6.45) is -8.04. The van der Waals surface area contributed by atoms with Crippen LogP contribution in [0.3, 0.4) is 0 Å². The lowest BCUT2D eigenvalue weighted by Gasteiger charge is -2.17. The highest BCUT2D eigenvalue weighted by molar-refractivity contribution is 5.89. The Kier molecular flexibility index (Phi) is 3.35. The fourth-order valence-electron chi connectivity index (χ4n) is 1.87. The van der Waals surface area contributed by atoms with Crippen LogP contribution in [-0.4, -0.2) is 54.9 Å². The Morgan fingerprint density at radius 3 is 2.50 bits per heavy atom. The van der Waals surface area contributed by atoms with Crippen molar-refractivity contribution in [2.75, 3.05) is 13.2 Å². The van der Waals surface area contributed by atoms with Gasteiger partial charge in [-0.2, -0.15) is 13.2 Å². The van der Waals surface area contributed by atoms with Crippen LogP contribution in [0.2, 0.25) is 0 Å². The van der Waals surface area contributed by atoms with Crippen molar-refractivity contribution in [1.29, 1.82) is 0 Å². The van der Waals surface area contributed by atoms with Gasteiger partial charge in [0.05, 0.1) is 13.2 Å². The highest BCUT2D eigenvalue weighted by atomic mass is 19.4. The third-order valence-electron chi connectivity index (χ3n) is 2.83. The maximum atomic E-state index is 12.2. The Hall–Kier alpha value is -1.12. The highest BCUT2D eigenvalue weighted by Crippen LogP contribution is 2.31. The Morgan fingerprint density at radius 2 is 1.89 bits per heavy atom. The molecule has 0 amide bonds. The molecule has 2 aliphatic heterocycles. The molecule has 0 unspecified atom stereocenters. The summed E-state index contributed by atoms with van der Waals surface area (Å²) in [6, 6.07) is 0. The number of alkyl halides is 3. The molecule has 0 aliphatic carbocycles. The van der Waals surface area contributed by atoms with Crippen molar-refractivity contribution in [1.82, 2.24) is 0 Å². The van der Waals surface area contributed by atoms with Crippen molar-refractivity contribution in [2.24, 2.45) is 0 Å². The number of aliphatic hydroxyl groups excluding tert-OH is 1. The predicted molar refractivity (Wildman–Crippen MR) is 50.6 cm³/mol. The molecule has 0 bridgehead atoms. The molecule has 5 nitrogen and oxygen atoms in total. The van der Waals surface area contributed by atoms with E-state index in [4.69, 9.17) is 9.47 Å². The van der Waals surface area contributed by atoms with Gasteiger partial charge in [-0.15, -0.1) is 0 Å². The molecule has 1 N–H and O–H groups in total. The van der Waals surface area contributed by atoms with E-state index in [-0.39, 0.29) is 13.2 Å². The fourth-order valence-corrected chi connectivity index (χ4v) is 1.87. The number of rotatable bonds is 2. The van der Waals surface area contributed by atoms with Crippen LogP contribution in [0.1, 0.15) is 0 Å². The normalized spacial score (nSPS) is 35.3. The van der Waals surface area contributed by atoms with Crippen molar-refractivity contribution < 1.29 is 37.3 Å². The van der Waals surface area contributed by atoms with Gasteiger partial charge in [0, 0.05) is 0 Å². The largest absolute Gasteiger partial charge is 0.453 e. The highest BCUT2D eigenvalue weighted by Gasteiger charge is 2.50. The molecule has 2 heterocycles. The lowest BCUT2D eigenvalue weighted by Crippen LogP contribution is -2.35. The molecule has 0 spiro atoms. The van der Waals surface area contributed by atoms with E-state index in [1.54, 1.807) is 0 Å². The molecule has 0 aromatic rings. The van der Waals surface area contributed by atoms with E-state index in [9.17, 15) is 23.1 Å². The van der Waals surface area contributed by atoms with Gasteiger partial charge in [-0.25, -0.2) is 4.79 Å². The number of aliphatic hydroxyl groups is 1. The fraction of sp³-hybridized carbons (Fsp3) is 0.700. The first-order valence-corrected chi connectivity index (χ1v) is 5.19. The van der Waals surface area contributed by atoms with Crippen molar-refractivity contribution >= 4 is 5.97 Å². The van der Waals surface area contributed by atoms with Crippen LogP contribution in [-0.2, 0) is 19.0 Å². The average molecular weight is 268 g/mol. The second-order valence-electron chi connectivity index (χ2n) is 4.08. The van der Waals surface area contributed by atoms with Crippen LogP contribution in [0.25, 0.3) is 0 Å². The monoisotopic (exact) mass is 268 g/mol. The van der Waals surface area contributed by atoms with Gasteiger partial charge in [-0.05, 0) is 0 Å². The minimum atomic E-state index is -4.83. The Balaban J connectivity index is 1.95. The SMILES string of the molecule is C=C(C(=O)O[C@H]1CO[C@H]2[C@@H]1OC[C@H]2O)C(F)(F)F. The van der Waals surface area contributed by atoms with Crippen molar-refractivity contribution in [3.63, 3.8) is 0 Å². The molecular formula is C10H11F3O5. The van der Waals surface area contributed by atoms with E-state index in [1.165, 1.54) is 0 Å². The first-order valence-electron chi connectivity index (χ1n) is 5.19. The minimum absolute atomic E-state index is 0.00357. The number of hydrogen-bond acceptors (Lipinski definition) is 5. The molecule has 2 fully saturated rings. The van der Waals surface area contributed by atoms with E-state index < -0.39 is 42.1 Å². The third kappa shape index (κ3) is 2.36. The number of ether oxygens (including phenoxy) is 3. The van der Waals surface area contributed by atoms with Gasteiger partial charge in [0.2, 0.25) is 0 Å². The second-order valence-corrected chi connectivity index (χ2v) is 4.08. The average Bonchev–Trinajstić information content (AvgIpc) is 2.81. The quantitative estimate of drug-likeness (QED) is 0.571. The lowest BCUT2D eigenvalue weighted by atomic mass is 10.1. The van der Waals surface area contributed by atoms with Crippen LogP contribution in [0, 0.1) is 0 Å². The van der Waals surface area contributed by atoms with E-state index >= 15 is 0 Å². The molecule has 0 saturated carbocycles. The summed E-state index contributed by atoms with van der Waals surface area (Å²) in [5.41, 5.74) is -1.58. The Labute approximate surface area is 100 Å². The maximum Gasteiger partial charge on any atom is 0.422 e. The van der Waals surface area contributed by atoms with Crippen LogP contribution in [0.5, 0.6) is 0 Å². The summed E-state index contributed by atoms with van der Waals surface area (Å²) >= 11 is 0. The van der Waals surface area contributed by atoms with Crippen molar-refractivity contribution in [3.05, 3.63) is 12.2 Å².